The van der Waals surface area contributed by atoms with Crippen molar-refractivity contribution < 1.29 is 28.6 Å². The predicted octanol–water partition coefficient (Wildman–Crippen LogP) is 16.7. The minimum Gasteiger partial charge on any atom is -0.462 e. The predicted molar refractivity (Wildman–Crippen MR) is 287 cm³/mol. The molecule has 6 nitrogen and oxygen atoms in total. The van der Waals surface area contributed by atoms with E-state index in [4.69, 9.17) is 14.2 Å². The Kier molecular flexibility index (Phi) is 48.3. The average molecular weight is 915 g/mol. The summed E-state index contributed by atoms with van der Waals surface area (Å²) in [6, 6.07) is 0. The van der Waals surface area contributed by atoms with E-state index in [1.807, 2.05) is 24.3 Å². The normalized spacial score (nSPS) is 13.8. The molecule has 366 valence electrons. The standard InChI is InChI=1S/C61H86O6/c1-4-7-10-13-16-19-22-25-28-29-30-31-34-36-39-42-45-48-51-54-60(63)66-57-58(67-61(64)55-52-49-46-43-40-37-33-27-24-21-18-15-12-9-6-3)56-65-59(62)53-50-47-44-41-38-35-32-26-23-20-17-14-11-8-5-2/h7-12,16-21,25-28,30-33,36,38-41,43,45,47-50,52,58H,4-6,13-15,22-24,29,34-35,37,42,44,46,51,53-57H2,1-3H3/b10-7-,11-8-,12-9-,19-16-,20-17-,21-18-,28-25-,31-30-,32-26-,33-27-,39-36-,41-38-,43-40-,48-45-,50-47-,52-49-. The van der Waals surface area contributed by atoms with Crippen LogP contribution < -0.4 is 0 Å². The Morgan fingerprint density at radius 3 is 0.836 bits per heavy atom. The number of rotatable bonds is 41. The number of hydrogen-bond donors (Lipinski definition) is 0. The van der Waals surface area contributed by atoms with Gasteiger partial charge in [-0.1, -0.05) is 215 Å². The fraction of sp³-hybridized carbons (Fsp3) is 0.426. The van der Waals surface area contributed by atoms with Gasteiger partial charge in [0.2, 0.25) is 0 Å². The molecule has 0 aromatic carbocycles. The highest BCUT2D eigenvalue weighted by Crippen LogP contribution is 2.06. The Bertz CT molecular complexity index is 1710. The first kappa shape index (κ1) is 61.2. The fourth-order valence-corrected chi connectivity index (χ4v) is 5.55. The van der Waals surface area contributed by atoms with E-state index in [2.05, 4.69) is 179 Å². The molecular formula is C61H86O6. The average Bonchev–Trinajstić information content (AvgIpc) is 3.33. The monoisotopic (exact) mass is 915 g/mol. The first-order chi connectivity index (χ1) is 33.0. The highest BCUT2D eigenvalue weighted by atomic mass is 16.6. The quantitative estimate of drug-likeness (QED) is 0.0345. The number of ether oxygens (including phenoxy) is 3. The molecule has 67 heavy (non-hydrogen) atoms. The van der Waals surface area contributed by atoms with E-state index in [9.17, 15) is 14.4 Å². The zero-order valence-corrected chi connectivity index (χ0v) is 41.6. The van der Waals surface area contributed by atoms with E-state index >= 15 is 0 Å². The summed E-state index contributed by atoms with van der Waals surface area (Å²) < 4.78 is 16.5. The second-order valence-electron chi connectivity index (χ2n) is 15.3. The molecule has 1 unspecified atom stereocenters. The Morgan fingerprint density at radius 2 is 0.537 bits per heavy atom. The van der Waals surface area contributed by atoms with Crippen LogP contribution in [0.5, 0.6) is 0 Å². The van der Waals surface area contributed by atoms with Crippen molar-refractivity contribution in [2.75, 3.05) is 13.2 Å². The summed E-state index contributed by atoms with van der Waals surface area (Å²) in [7, 11) is 0. The van der Waals surface area contributed by atoms with E-state index in [0.717, 1.165) is 89.9 Å². The van der Waals surface area contributed by atoms with Gasteiger partial charge in [0, 0.05) is 6.42 Å². The zero-order chi connectivity index (χ0) is 48.6. The lowest BCUT2D eigenvalue weighted by atomic mass is 10.2. The Morgan fingerprint density at radius 1 is 0.299 bits per heavy atom. The summed E-state index contributed by atoms with van der Waals surface area (Å²) in [4.78, 5) is 37.8. The van der Waals surface area contributed by atoms with Crippen LogP contribution in [0.2, 0.25) is 0 Å². The van der Waals surface area contributed by atoms with E-state index in [1.165, 1.54) is 0 Å². The van der Waals surface area contributed by atoms with Crippen molar-refractivity contribution in [3.63, 3.8) is 0 Å². The molecule has 0 rings (SSSR count). The molecule has 0 heterocycles. The van der Waals surface area contributed by atoms with Crippen LogP contribution in [0.1, 0.15) is 149 Å². The second-order valence-corrected chi connectivity index (χ2v) is 15.3. The van der Waals surface area contributed by atoms with E-state index in [1.54, 1.807) is 12.2 Å². The first-order valence-corrected chi connectivity index (χ1v) is 24.9. The molecule has 0 N–H and O–H groups in total. The number of carbonyl (C=O) groups excluding carboxylic acids is 3. The molecule has 1 atom stereocenters. The van der Waals surface area contributed by atoms with E-state index in [0.29, 0.717) is 19.3 Å². The topological polar surface area (TPSA) is 78.9 Å². The highest BCUT2D eigenvalue weighted by Gasteiger charge is 2.18. The molecule has 0 aliphatic heterocycles. The lowest BCUT2D eigenvalue weighted by Crippen LogP contribution is -2.30. The summed E-state index contributed by atoms with van der Waals surface area (Å²) in [5, 5.41) is 0. The summed E-state index contributed by atoms with van der Waals surface area (Å²) in [6.07, 6.45) is 81.9. The molecule has 0 aliphatic rings. The van der Waals surface area contributed by atoms with Gasteiger partial charge in [0.05, 0.1) is 12.8 Å². The number of carbonyl (C=O) groups is 3. The maximum atomic E-state index is 12.7. The van der Waals surface area contributed by atoms with Crippen molar-refractivity contribution in [1.29, 1.82) is 0 Å². The van der Waals surface area contributed by atoms with Gasteiger partial charge in [-0.2, -0.15) is 0 Å². The highest BCUT2D eigenvalue weighted by molar-refractivity contribution is 5.72. The molecule has 0 saturated heterocycles. The molecule has 6 heteroatoms. The van der Waals surface area contributed by atoms with Gasteiger partial charge < -0.3 is 14.2 Å². The lowest BCUT2D eigenvalue weighted by molar-refractivity contribution is -0.165. The zero-order valence-electron chi connectivity index (χ0n) is 41.6. The smallest absolute Gasteiger partial charge is 0.310 e. The third-order valence-electron chi connectivity index (χ3n) is 9.15. The van der Waals surface area contributed by atoms with Crippen LogP contribution in [-0.4, -0.2) is 37.2 Å². The van der Waals surface area contributed by atoms with Gasteiger partial charge in [0.25, 0.3) is 0 Å². The van der Waals surface area contributed by atoms with Crippen LogP contribution in [0, 0.1) is 0 Å². The number of esters is 3. The first-order valence-electron chi connectivity index (χ1n) is 24.9. The molecule has 0 radical (unpaired) electrons. The van der Waals surface area contributed by atoms with Crippen molar-refractivity contribution in [1.82, 2.24) is 0 Å². The largest absolute Gasteiger partial charge is 0.462 e. The summed E-state index contributed by atoms with van der Waals surface area (Å²) in [5.74, 6) is -1.36. The van der Waals surface area contributed by atoms with Crippen molar-refractivity contribution in [3.05, 3.63) is 194 Å². The number of allylic oxidation sites excluding steroid dienone is 30. The summed E-state index contributed by atoms with van der Waals surface area (Å²) in [6.45, 7) is 6.00. The van der Waals surface area contributed by atoms with E-state index in [-0.39, 0.29) is 32.5 Å². The molecule has 0 bridgehead atoms. The van der Waals surface area contributed by atoms with Gasteiger partial charge in [-0.3, -0.25) is 14.4 Å². The van der Waals surface area contributed by atoms with Crippen LogP contribution in [0.25, 0.3) is 0 Å². The third kappa shape index (κ3) is 51.1. The van der Waals surface area contributed by atoms with Gasteiger partial charge in [0.1, 0.15) is 13.2 Å². The molecule has 0 saturated carbocycles. The molecule has 0 fully saturated rings. The van der Waals surface area contributed by atoms with Gasteiger partial charge in [-0.25, -0.2) is 0 Å². The SMILES string of the molecule is CC/C=C\C/C=C\C/C=C\C/C=C\C/C=C\C/C=C\CCC(=O)OCC(COC(=O)C/C=C\C/C=C\C/C=C\C/C=C\C/C=C\CC)OC(=O)C/C=C\C/C=C\C/C=C\C/C=C\C/C=C\CC. The van der Waals surface area contributed by atoms with Gasteiger partial charge in [-0.15, -0.1) is 0 Å². The third-order valence-corrected chi connectivity index (χ3v) is 9.15. The van der Waals surface area contributed by atoms with Gasteiger partial charge in [-0.05, 0) is 109 Å². The van der Waals surface area contributed by atoms with Crippen LogP contribution >= 0.6 is 0 Å². The van der Waals surface area contributed by atoms with Gasteiger partial charge in [0.15, 0.2) is 6.10 Å². The maximum Gasteiger partial charge on any atom is 0.310 e. The second kappa shape index (κ2) is 52.9. The minimum absolute atomic E-state index is 0.0502. The fourth-order valence-electron chi connectivity index (χ4n) is 5.55. The molecule has 0 aromatic heterocycles. The Balaban J connectivity index is 4.79. The van der Waals surface area contributed by atoms with Crippen LogP contribution in [0.4, 0.5) is 0 Å². The molecular weight excluding hydrogens is 829 g/mol. The summed E-state index contributed by atoms with van der Waals surface area (Å²) in [5.41, 5.74) is 0. The minimum atomic E-state index is -0.914. The van der Waals surface area contributed by atoms with Crippen molar-refractivity contribution in [3.8, 4) is 0 Å². The molecule has 0 aromatic rings. The Hall–Kier alpha value is -5.75. The Labute approximate surface area is 407 Å². The van der Waals surface area contributed by atoms with Crippen molar-refractivity contribution in [2.45, 2.75) is 155 Å². The molecule has 0 amide bonds. The van der Waals surface area contributed by atoms with Crippen LogP contribution in [-0.2, 0) is 28.6 Å². The maximum absolute atomic E-state index is 12.7. The van der Waals surface area contributed by atoms with E-state index < -0.39 is 24.0 Å². The van der Waals surface area contributed by atoms with Crippen molar-refractivity contribution in [2.24, 2.45) is 0 Å². The van der Waals surface area contributed by atoms with Gasteiger partial charge >= 0.3 is 17.9 Å². The van der Waals surface area contributed by atoms with Crippen LogP contribution in [0.15, 0.2) is 194 Å². The van der Waals surface area contributed by atoms with Crippen molar-refractivity contribution >= 4 is 17.9 Å². The molecule has 0 spiro atoms. The number of hydrogen-bond acceptors (Lipinski definition) is 6. The summed E-state index contributed by atoms with van der Waals surface area (Å²) >= 11 is 0. The molecule has 0 aliphatic carbocycles. The van der Waals surface area contributed by atoms with Crippen LogP contribution in [0.3, 0.4) is 0 Å². The lowest BCUT2D eigenvalue weighted by Gasteiger charge is -2.17.